The molecule has 2 N–H and O–H groups in total. The molecule has 0 heterocycles. The first-order chi connectivity index (χ1) is 9.15. The first kappa shape index (κ1) is 13.9. The fraction of sp³-hybridized carbons (Fsp3) is 0.533. The minimum Gasteiger partial charge on any atom is -0.465 e. The van der Waals surface area contributed by atoms with Crippen molar-refractivity contribution >= 4 is 6.09 Å². The Kier molecular flexibility index (Phi) is 4.80. The van der Waals surface area contributed by atoms with Gasteiger partial charge in [-0.1, -0.05) is 37.3 Å². The lowest BCUT2D eigenvalue weighted by Gasteiger charge is -2.33. The largest absolute Gasteiger partial charge is 0.465 e. The topological polar surface area (TPSA) is 58.6 Å². The van der Waals surface area contributed by atoms with E-state index in [-0.39, 0.29) is 12.1 Å². The molecule has 1 aromatic rings. The van der Waals surface area contributed by atoms with Crippen molar-refractivity contribution in [1.29, 1.82) is 0 Å². The first-order valence-electron chi connectivity index (χ1n) is 6.80. The van der Waals surface area contributed by atoms with Crippen LogP contribution in [0.3, 0.4) is 0 Å². The van der Waals surface area contributed by atoms with Crippen LogP contribution >= 0.6 is 0 Å². The normalized spacial score (nSPS) is 26.9. The molecular weight excluding hydrogens is 242 g/mol. The highest BCUT2D eigenvalue weighted by atomic mass is 16.5. The van der Waals surface area contributed by atoms with Gasteiger partial charge in [-0.2, -0.15) is 0 Å². The van der Waals surface area contributed by atoms with Crippen molar-refractivity contribution in [2.24, 2.45) is 5.92 Å². The van der Waals surface area contributed by atoms with Crippen molar-refractivity contribution in [2.75, 3.05) is 0 Å². The Morgan fingerprint density at radius 3 is 2.74 bits per heavy atom. The maximum absolute atomic E-state index is 10.6. The summed E-state index contributed by atoms with van der Waals surface area (Å²) in [6.45, 7) is 2.76. The van der Waals surface area contributed by atoms with Crippen LogP contribution in [-0.2, 0) is 11.3 Å². The third-order valence-electron chi connectivity index (χ3n) is 3.73. The monoisotopic (exact) mass is 263 g/mol. The Labute approximate surface area is 113 Å². The molecule has 0 bridgehead atoms. The average Bonchev–Trinajstić information content (AvgIpc) is 2.38. The Hall–Kier alpha value is -1.55. The lowest BCUT2D eigenvalue weighted by Crippen LogP contribution is -2.41. The van der Waals surface area contributed by atoms with Gasteiger partial charge in [0.15, 0.2) is 0 Å². The summed E-state index contributed by atoms with van der Waals surface area (Å²) in [6, 6.07) is 10.2. The summed E-state index contributed by atoms with van der Waals surface area (Å²) in [6.07, 6.45) is 1.92. The lowest BCUT2D eigenvalue weighted by molar-refractivity contribution is -0.0213. The average molecular weight is 263 g/mol. The third-order valence-corrected chi connectivity index (χ3v) is 3.73. The molecule has 4 heteroatoms. The number of hydrogen-bond donors (Lipinski definition) is 2. The van der Waals surface area contributed by atoms with Crippen LogP contribution in [0.2, 0.25) is 0 Å². The van der Waals surface area contributed by atoms with E-state index in [4.69, 9.17) is 9.84 Å². The number of amides is 1. The van der Waals surface area contributed by atoms with Crippen molar-refractivity contribution in [2.45, 2.75) is 44.9 Å². The number of hydrogen-bond acceptors (Lipinski definition) is 2. The van der Waals surface area contributed by atoms with Gasteiger partial charge in [0.25, 0.3) is 0 Å². The van der Waals surface area contributed by atoms with Crippen LogP contribution in [0, 0.1) is 5.92 Å². The van der Waals surface area contributed by atoms with E-state index in [2.05, 4.69) is 24.4 Å². The summed E-state index contributed by atoms with van der Waals surface area (Å²) in [5.41, 5.74) is 1.18. The molecule has 0 radical (unpaired) electrons. The SMILES string of the molecule is C[C@H]1C[C@H](NC(=O)O)CC[C@H]1OCc1ccccc1. The number of rotatable bonds is 4. The van der Waals surface area contributed by atoms with Gasteiger partial charge in [0.2, 0.25) is 0 Å². The Morgan fingerprint density at radius 2 is 2.11 bits per heavy atom. The van der Waals surface area contributed by atoms with Crippen LogP contribution in [-0.4, -0.2) is 23.3 Å². The molecule has 1 saturated carbocycles. The molecule has 0 aromatic heterocycles. The van der Waals surface area contributed by atoms with Gasteiger partial charge in [0.1, 0.15) is 0 Å². The molecule has 1 aliphatic rings. The Bertz CT molecular complexity index is 407. The van der Waals surface area contributed by atoms with Crippen LogP contribution in [0.5, 0.6) is 0 Å². The maximum atomic E-state index is 10.6. The van der Waals surface area contributed by atoms with Crippen molar-refractivity contribution in [3.05, 3.63) is 35.9 Å². The molecule has 19 heavy (non-hydrogen) atoms. The van der Waals surface area contributed by atoms with Crippen LogP contribution in [0.15, 0.2) is 30.3 Å². The number of nitrogens with one attached hydrogen (secondary N) is 1. The van der Waals surface area contributed by atoms with Gasteiger partial charge in [-0.15, -0.1) is 0 Å². The molecule has 1 aromatic carbocycles. The smallest absolute Gasteiger partial charge is 0.404 e. The molecule has 0 spiro atoms. The fourth-order valence-electron chi connectivity index (χ4n) is 2.70. The zero-order valence-electron chi connectivity index (χ0n) is 11.2. The number of carboxylic acid groups (broad SMARTS) is 1. The minimum atomic E-state index is -0.930. The number of carbonyl (C=O) groups is 1. The van der Waals surface area contributed by atoms with E-state index < -0.39 is 6.09 Å². The molecule has 1 amide bonds. The van der Waals surface area contributed by atoms with E-state index in [0.29, 0.717) is 12.5 Å². The van der Waals surface area contributed by atoms with Gasteiger partial charge < -0.3 is 15.2 Å². The highest BCUT2D eigenvalue weighted by Crippen LogP contribution is 2.27. The van der Waals surface area contributed by atoms with E-state index in [1.807, 2.05) is 18.2 Å². The molecular formula is C15H21NO3. The molecule has 104 valence electrons. The predicted molar refractivity (Wildman–Crippen MR) is 73.0 cm³/mol. The molecule has 1 aliphatic carbocycles. The van der Waals surface area contributed by atoms with Crippen molar-refractivity contribution in [1.82, 2.24) is 5.32 Å². The van der Waals surface area contributed by atoms with E-state index >= 15 is 0 Å². The third kappa shape index (κ3) is 4.24. The molecule has 3 atom stereocenters. The van der Waals surface area contributed by atoms with Crippen molar-refractivity contribution in [3.63, 3.8) is 0 Å². The molecule has 0 aliphatic heterocycles. The van der Waals surface area contributed by atoms with Crippen LogP contribution in [0.1, 0.15) is 31.7 Å². The first-order valence-corrected chi connectivity index (χ1v) is 6.80. The molecule has 2 rings (SSSR count). The van der Waals surface area contributed by atoms with Gasteiger partial charge in [0.05, 0.1) is 12.7 Å². The standard InChI is InChI=1S/C15H21NO3/c1-11-9-13(16-15(17)18)7-8-14(11)19-10-12-5-3-2-4-6-12/h2-6,11,13-14,16H,7-10H2,1H3,(H,17,18)/t11-,13+,14+/m0/s1. The van der Waals surface area contributed by atoms with E-state index in [9.17, 15) is 4.79 Å². The second-order valence-corrected chi connectivity index (χ2v) is 5.27. The molecule has 1 fully saturated rings. The number of benzene rings is 1. The summed E-state index contributed by atoms with van der Waals surface area (Å²) in [7, 11) is 0. The zero-order chi connectivity index (χ0) is 13.7. The summed E-state index contributed by atoms with van der Waals surface area (Å²) in [5, 5.41) is 11.3. The van der Waals surface area contributed by atoms with Gasteiger partial charge in [0, 0.05) is 6.04 Å². The van der Waals surface area contributed by atoms with E-state index in [0.717, 1.165) is 19.3 Å². The number of ether oxygens (including phenoxy) is 1. The summed E-state index contributed by atoms with van der Waals surface area (Å²) >= 11 is 0. The Morgan fingerprint density at radius 1 is 1.37 bits per heavy atom. The fourth-order valence-corrected chi connectivity index (χ4v) is 2.70. The minimum absolute atomic E-state index is 0.0732. The highest BCUT2D eigenvalue weighted by Gasteiger charge is 2.28. The van der Waals surface area contributed by atoms with Gasteiger partial charge in [-0.3, -0.25) is 0 Å². The van der Waals surface area contributed by atoms with Crippen molar-refractivity contribution in [3.8, 4) is 0 Å². The maximum Gasteiger partial charge on any atom is 0.404 e. The lowest BCUT2D eigenvalue weighted by atomic mass is 9.84. The van der Waals surface area contributed by atoms with Crippen LogP contribution in [0.4, 0.5) is 4.79 Å². The second-order valence-electron chi connectivity index (χ2n) is 5.27. The second kappa shape index (κ2) is 6.57. The quantitative estimate of drug-likeness (QED) is 0.877. The molecule has 4 nitrogen and oxygen atoms in total. The summed E-state index contributed by atoms with van der Waals surface area (Å²) in [4.78, 5) is 10.6. The van der Waals surface area contributed by atoms with Crippen LogP contribution < -0.4 is 5.32 Å². The van der Waals surface area contributed by atoms with Crippen LogP contribution in [0.25, 0.3) is 0 Å². The highest BCUT2D eigenvalue weighted by molar-refractivity contribution is 5.64. The Balaban J connectivity index is 1.78. The van der Waals surface area contributed by atoms with Gasteiger partial charge in [-0.05, 0) is 30.7 Å². The van der Waals surface area contributed by atoms with E-state index in [1.165, 1.54) is 5.56 Å². The van der Waals surface area contributed by atoms with Gasteiger partial charge >= 0.3 is 6.09 Å². The van der Waals surface area contributed by atoms with E-state index in [1.54, 1.807) is 0 Å². The predicted octanol–water partition coefficient (Wildman–Crippen LogP) is 3.03. The van der Waals surface area contributed by atoms with Crippen molar-refractivity contribution < 1.29 is 14.6 Å². The summed E-state index contributed by atoms with van der Waals surface area (Å²) < 4.78 is 5.96. The van der Waals surface area contributed by atoms with Gasteiger partial charge in [-0.25, -0.2) is 4.79 Å². The zero-order valence-corrected chi connectivity index (χ0v) is 11.2. The molecule has 0 saturated heterocycles. The molecule has 0 unspecified atom stereocenters. The summed E-state index contributed by atoms with van der Waals surface area (Å²) in [5.74, 6) is 0.384.